The molecule has 104 valence electrons. The van der Waals surface area contributed by atoms with Crippen LogP contribution in [0.15, 0.2) is 0 Å². The van der Waals surface area contributed by atoms with Crippen molar-refractivity contribution in [1.29, 1.82) is 0 Å². The van der Waals surface area contributed by atoms with Gasteiger partial charge < -0.3 is 20.8 Å². The molecule has 1 atom stereocenters. The maximum atomic E-state index is 11.4. The minimum atomic E-state index is -1.42. The number of rotatable bonds is 6. The second-order valence-corrected chi connectivity index (χ2v) is 5.27. The van der Waals surface area contributed by atoms with Crippen LogP contribution in [0.2, 0.25) is 0 Å². The highest BCUT2D eigenvalue weighted by atomic mass is 16.4. The molecule has 0 aromatic heterocycles. The van der Waals surface area contributed by atoms with Gasteiger partial charge in [-0.15, -0.1) is 0 Å². The van der Waals surface area contributed by atoms with E-state index in [-0.39, 0.29) is 24.4 Å². The van der Waals surface area contributed by atoms with E-state index in [1.54, 1.807) is 0 Å². The Balaban J connectivity index is 2.12. The van der Waals surface area contributed by atoms with Crippen LogP contribution in [-0.2, 0) is 4.79 Å². The third kappa shape index (κ3) is 4.91. The van der Waals surface area contributed by atoms with Crippen molar-refractivity contribution in [2.75, 3.05) is 13.1 Å². The van der Waals surface area contributed by atoms with Crippen molar-refractivity contribution >= 4 is 12.0 Å². The van der Waals surface area contributed by atoms with Gasteiger partial charge in [0, 0.05) is 19.5 Å². The van der Waals surface area contributed by atoms with Crippen molar-refractivity contribution in [1.82, 2.24) is 10.6 Å². The second kappa shape index (κ2) is 6.58. The number of carbonyl (C=O) groups is 2. The monoisotopic (exact) mass is 258 g/mol. The van der Waals surface area contributed by atoms with E-state index >= 15 is 0 Å². The van der Waals surface area contributed by atoms with E-state index in [0.717, 1.165) is 12.8 Å². The fourth-order valence-corrected chi connectivity index (χ4v) is 2.21. The predicted octanol–water partition coefficient (Wildman–Crippen LogP) is 0.701. The molecule has 4 N–H and O–H groups in total. The molecule has 0 spiro atoms. The molecule has 1 saturated carbocycles. The average Bonchev–Trinajstić information content (AvgIpc) is 2.74. The molecule has 0 aromatic carbocycles. The second-order valence-electron chi connectivity index (χ2n) is 5.27. The molecule has 1 aliphatic carbocycles. The molecule has 0 unspecified atom stereocenters. The highest BCUT2D eigenvalue weighted by molar-refractivity contribution is 5.74. The molecule has 0 heterocycles. The van der Waals surface area contributed by atoms with Gasteiger partial charge in [0.05, 0.1) is 0 Å². The topological polar surface area (TPSA) is 98.7 Å². The summed E-state index contributed by atoms with van der Waals surface area (Å²) in [4.78, 5) is 21.8. The summed E-state index contributed by atoms with van der Waals surface area (Å²) in [6, 6.07) is -0.305. The standard InChI is InChI=1S/C12H22N2O4/c1-12(5-2-3-6-12)8-14-11(18)13-7-4-9(15)10(16)17/h9,15H,2-8H2,1H3,(H,16,17)(H2,13,14,18)/t9-/m0/s1. The van der Waals surface area contributed by atoms with Gasteiger partial charge in [0.2, 0.25) is 0 Å². The summed E-state index contributed by atoms with van der Waals surface area (Å²) < 4.78 is 0. The lowest BCUT2D eigenvalue weighted by atomic mass is 9.89. The van der Waals surface area contributed by atoms with Crippen molar-refractivity contribution in [3.63, 3.8) is 0 Å². The van der Waals surface area contributed by atoms with Crippen LogP contribution < -0.4 is 10.6 Å². The summed E-state index contributed by atoms with van der Waals surface area (Å²) in [5, 5.41) is 22.8. The van der Waals surface area contributed by atoms with Gasteiger partial charge in [0.25, 0.3) is 0 Å². The molecule has 1 fully saturated rings. The number of carboxylic acid groups (broad SMARTS) is 1. The Bertz CT molecular complexity index is 300. The molecule has 0 saturated heterocycles. The molecule has 0 aromatic rings. The van der Waals surface area contributed by atoms with Crippen molar-refractivity contribution < 1.29 is 19.8 Å². The van der Waals surface area contributed by atoms with Crippen LogP contribution in [0.25, 0.3) is 0 Å². The Morgan fingerprint density at radius 2 is 1.89 bits per heavy atom. The lowest BCUT2D eigenvalue weighted by molar-refractivity contribution is -0.146. The van der Waals surface area contributed by atoms with Crippen molar-refractivity contribution in [3.05, 3.63) is 0 Å². The fraction of sp³-hybridized carbons (Fsp3) is 0.833. The van der Waals surface area contributed by atoms with Crippen molar-refractivity contribution in [2.45, 2.75) is 45.1 Å². The van der Waals surface area contributed by atoms with Gasteiger partial charge in [-0.05, 0) is 18.3 Å². The normalized spacial score (nSPS) is 19.2. The number of carboxylic acids is 1. The number of nitrogens with one attached hydrogen (secondary N) is 2. The van der Waals surface area contributed by atoms with Crippen LogP contribution >= 0.6 is 0 Å². The summed E-state index contributed by atoms with van der Waals surface area (Å²) in [7, 11) is 0. The van der Waals surface area contributed by atoms with E-state index in [1.807, 2.05) is 0 Å². The lowest BCUT2D eigenvalue weighted by Gasteiger charge is -2.23. The van der Waals surface area contributed by atoms with Gasteiger partial charge in [-0.25, -0.2) is 9.59 Å². The zero-order valence-corrected chi connectivity index (χ0v) is 10.7. The zero-order chi connectivity index (χ0) is 13.6. The molecular weight excluding hydrogens is 236 g/mol. The molecule has 6 nitrogen and oxygen atoms in total. The number of urea groups is 1. The fourth-order valence-electron chi connectivity index (χ4n) is 2.21. The number of aliphatic hydroxyl groups is 1. The molecule has 0 aliphatic heterocycles. The van der Waals surface area contributed by atoms with Crippen LogP contribution in [0.4, 0.5) is 4.79 Å². The summed E-state index contributed by atoms with van der Waals surface area (Å²) in [6.07, 6.45) is 3.28. The summed E-state index contributed by atoms with van der Waals surface area (Å²) in [5.74, 6) is -1.27. The van der Waals surface area contributed by atoms with E-state index in [2.05, 4.69) is 17.6 Å². The number of carbonyl (C=O) groups excluding carboxylic acids is 1. The average molecular weight is 258 g/mol. The van der Waals surface area contributed by atoms with Gasteiger partial charge in [0.15, 0.2) is 6.10 Å². The molecule has 0 bridgehead atoms. The highest BCUT2D eigenvalue weighted by Crippen LogP contribution is 2.36. The minimum Gasteiger partial charge on any atom is -0.479 e. The SMILES string of the molecule is CC1(CNC(=O)NCC[C@H](O)C(=O)O)CCCC1. The van der Waals surface area contributed by atoms with E-state index in [0.29, 0.717) is 6.54 Å². The number of aliphatic carboxylic acids is 1. The first-order chi connectivity index (χ1) is 8.43. The molecular formula is C12H22N2O4. The Labute approximate surface area is 107 Å². The number of aliphatic hydroxyl groups excluding tert-OH is 1. The van der Waals surface area contributed by atoms with Gasteiger partial charge in [-0.3, -0.25) is 0 Å². The molecule has 18 heavy (non-hydrogen) atoms. The molecule has 0 radical (unpaired) electrons. The first-order valence-electron chi connectivity index (χ1n) is 6.35. The van der Waals surface area contributed by atoms with Gasteiger partial charge in [0.1, 0.15) is 0 Å². The first kappa shape index (κ1) is 14.8. The summed E-state index contributed by atoms with van der Waals surface area (Å²) >= 11 is 0. The predicted molar refractivity (Wildman–Crippen MR) is 66.2 cm³/mol. The van der Waals surface area contributed by atoms with Crippen molar-refractivity contribution in [2.24, 2.45) is 5.41 Å². The number of amides is 2. The maximum absolute atomic E-state index is 11.4. The Morgan fingerprint density at radius 3 is 2.44 bits per heavy atom. The maximum Gasteiger partial charge on any atom is 0.332 e. The lowest BCUT2D eigenvalue weighted by Crippen LogP contribution is -2.42. The molecule has 1 aliphatic rings. The van der Waals surface area contributed by atoms with Crippen LogP contribution in [0.3, 0.4) is 0 Å². The van der Waals surface area contributed by atoms with E-state index < -0.39 is 12.1 Å². The van der Waals surface area contributed by atoms with Crippen LogP contribution in [0.5, 0.6) is 0 Å². The largest absolute Gasteiger partial charge is 0.479 e. The van der Waals surface area contributed by atoms with E-state index in [4.69, 9.17) is 10.2 Å². The smallest absolute Gasteiger partial charge is 0.332 e. The Kier molecular flexibility index (Phi) is 5.40. The molecule has 2 amide bonds. The third-order valence-corrected chi connectivity index (χ3v) is 3.47. The number of hydrogen-bond donors (Lipinski definition) is 4. The van der Waals surface area contributed by atoms with Gasteiger partial charge >= 0.3 is 12.0 Å². The van der Waals surface area contributed by atoms with Crippen molar-refractivity contribution in [3.8, 4) is 0 Å². The minimum absolute atomic E-state index is 0.0139. The van der Waals surface area contributed by atoms with Gasteiger partial charge in [-0.1, -0.05) is 19.8 Å². The van der Waals surface area contributed by atoms with Crippen LogP contribution in [0, 0.1) is 5.41 Å². The highest BCUT2D eigenvalue weighted by Gasteiger charge is 2.28. The van der Waals surface area contributed by atoms with E-state index in [9.17, 15) is 9.59 Å². The first-order valence-corrected chi connectivity index (χ1v) is 6.35. The van der Waals surface area contributed by atoms with Crippen LogP contribution in [0.1, 0.15) is 39.0 Å². The summed E-state index contributed by atoms with van der Waals surface area (Å²) in [6.45, 7) is 2.95. The zero-order valence-electron chi connectivity index (χ0n) is 10.7. The van der Waals surface area contributed by atoms with E-state index in [1.165, 1.54) is 12.8 Å². The quantitative estimate of drug-likeness (QED) is 0.563. The number of hydrogen-bond acceptors (Lipinski definition) is 3. The third-order valence-electron chi connectivity index (χ3n) is 3.47. The summed E-state index contributed by atoms with van der Waals surface area (Å²) in [5.41, 5.74) is 0.192. The Hall–Kier alpha value is -1.30. The van der Waals surface area contributed by atoms with Gasteiger partial charge in [-0.2, -0.15) is 0 Å². The molecule has 6 heteroatoms. The Morgan fingerprint density at radius 1 is 1.28 bits per heavy atom. The molecule has 1 rings (SSSR count). The van der Waals surface area contributed by atoms with Crippen LogP contribution in [-0.4, -0.2) is 41.4 Å².